The Bertz CT molecular complexity index is 440. The Morgan fingerprint density at radius 3 is 2.75 bits per heavy atom. The zero-order valence-corrected chi connectivity index (χ0v) is 6.32. The molecule has 0 aliphatic heterocycles. The number of benzene rings is 2. The molecule has 2 aromatic rings. The summed E-state index contributed by atoms with van der Waals surface area (Å²) in [4.78, 5) is 0. The number of fused-ring (bicyclic) bond motifs is 1. The molecule has 0 aliphatic rings. The lowest BCUT2D eigenvalue weighted by molar-refractivity contribution is 0.408. The molecule has 2 aromatic carbocycles. The van der Waals surface area contributed by atoms with Crippen molar-refractivity contribution >= 4 is 10.8 Å². The highest BCUT2D eigenvalue weighted by atomic mass is 16.3. The first-order valence-electron chi connectivity index (χ1n) is 4.07. The van der Waals surface area contributed by atoms with Crippen LogP contribution in [0.25, 0.3) is 10.8 Å². The molecule has 0 amide bonds. The number of phenols is 2. The Morgan fingerprint density at radius 2 is 1.92 bits per heavy atom. The second-order valence-electron chi connectivity index (χ2n) is 2.63. The van der Waals surface area contributed by atoms with E-state index < -0.39 is 0 Å². The van der Waals surface area contributed by atoms with Crippen LogP contribution < -0.4 is 0 Å². The van der Waals surface area contributed by atoms with Gasteiger partial charge in [0.15, 0.2) is 11.5 Å². The summed E-state index contributed by atoms with van der Waals surface area (Å²) in [6.45, 7) is 0. The minimum Gasteiger partial charge on any atom is -0.504 e. The summed E-state index contributed by atoms with van der Waals surface area (Å²) >= 11 is 0. The van der Waals surface area contributed by atoms with Gasteiger partial charge in [-0.2, -0.15) is 0 Å². The normalized spacial score (nSPS) is 11.2. The molecule has 0 spiro atoms. The van der Waals surface area contributed by atoms with Crippen LogP contribution in [-0.4, -0.2) is 11.6 Å². The van der Waals surface area contributed by atoms with Crippen LogP contribution in [0.15, 0.2) is 36.4 Å². The van der Waals surface area contributed by atoms with Crippen LogP contribution >= 0.6 is 0 Å². The third-order valence-corrected chi connectivity index (χ3v) is 1.86. The highest BCUT2D eigenvalue weighted by molar-refractivity contribution is 5.90. The van der Waals surface area contributed by atoms with Gasteiger partial charge in [0.1, 0.15) is 0 Å². The molecule has 0 radical (unpaired) electrons. The number of aromatic hydroxyl groups is 2. The van der Waals surface area contributed by atoms with Crippen molar-refractivity contribution in [1.29, 1.82) is 1.43 Å². The maximum absolute atomic E-state index is 9.60. The van der Waals surface area contributed by atoms with Crippen molar-refractivity contribution in [3.05, 3.63) is 36.4 Å². The molecule has 2 nitrogen and oxygen atoms in total. The minimum atomic E-state index is 0.0214. The summed E-state index contributed by atoms with van der Waals surface area (Å²) < 4.78 is 6.70. The maximum atomic E-state index is 9.60. The molecular formula is C10H8O2. The topological polar surface area (TPSA) is 40.5 Å². The zero-order chi connectivity index (χ0) is 9.26. The van der Waals surface area contributed by atoms with Crippen molar-refractivity contribution in [2.75, 3.05) is 0 Å². The van der Waals surface area contributed by atoms with E-state index in [1.54, 1.807) is 18.2 Å². The van der Waals surface area contributed by atoms with Crippen LogP contribution in [0, 0.1) is 0 Å². The SMILES string of the molecule is [2H]Oc1ccc2ccccc2c1O. The van der Waals surface area contributed by atoms with Crippen LogP contribution in [0.1, 0.15) is 0 Å². The average molecular weight is 161 g/mol. The Morgan fingerprint density at radius 1 is 1.08 bits per heavy atom. The summed E-state index contributed by atoms with van der Waals surface area (Å²) in [6.07, 6.45) is 0. The minimum absolute atomic E-state index is 0.0214. The Labute approximate surface area is 71.2 Å². The Kier molecular flexibility index (Phi) is 1.18. The molecule has 0 saturated heterocycles. The first-order chi connectivity index (χ1) is 6.33. The number of phenolic OH excluding ortho intramolecular Hbond substituents is 2. The molecule has 2 N–H and O–H groups in total. The molecule has 60 valence electrons. The van der Waals surface area contributed by atoms with Crippen molar-refractivity contribution in [1.82, 2.24) is 0 Å². The van der Waals surface area contributed by atoms with Crippen molar-refractivity contribution in [3.63, 3.8) is 0 Å². The summed E-state index contributed by atoms with van der Waals surface area (Å²) in [7, 11) is 0. The van der Waals surface area contributed by atoms with E-state index >= 15 is 0 Å². The second kappa shape index (κ2) is 2.41. The molecule has 0 atom stereocenters. The highest BCUT2D eigenvalue weighted by Gasteiger charge is 2.02. The third kappa shape index (κ3) is 0.889. The van der Waals surface area contributed by atoms with Gasteiger partial charge in [-0.3, -0.25) is 0 Å². The lowest BCUT2D eigenvalue weighted by atomic mass is 10.1. The Balaban J connectivity index is 2.79. The summed E-state index contributed by atoms with van der Waals surface area (Å²) in [5.74, 6) is 0.201. The van der Waals surface area contributed by atoms with Gasteiger partial charge < -0.3 is 10.2 Å². The van der Waals surface area contributed by atoms with Gasteiger partial charge in [0.25, 0.3) is 1.43 Å². The van der Waals surface area contributed by atoms with E-state index in [2.05, 4.69) is 5.11 Å². The van der Waals surface area contributed by atoms with E-state index in [4.69, 9.17) is 1.43 Å². The predicted octanol–water partition coefficient (Wildman–Crippen LogP) is 2.25. The van der Waals surface area contributed by atoms with E-state index in [1.807, 2.05) is 18.2 Å². The van der Waals surface area contributed by atoms with Gasteiger partial charge in [0, 0.05) is 5.39 Å². The van der Waals surface area contributed by atoms with E-state index in [0.29, 0.717) is 5.39 Å². The van der Waals surface area contributed by atoms with Crippen LogP contribution in [0.5, 0.6) is 11.5 Å². The van der Waals surface area contributed by atoms with Gasteiger partial charge >= 0.3 is 0 Å². The molecule has 0 aliphatic carbocycles. The smallest absolute Gasteiger partial charge is 0.293 e. The monoisotopic (exact) mass is 161 g/mol. The van der Waals surface area contributed by atoms with Crippen LogP contribution in [0.3, 0.4) is 0 Å². The number of hydrogen-bond donors (Lipinski definition) is 2. The second-order valence-corrected chi connectivity index (χ2v) is 2.63. The summed E-state index contributed by atoms with van der Waals surface area (Å²) in [5.41, 5.74) is 0. The lowest BCUT2D eigenvalue weighted by Gasteiger charge is -2.01. The van der Waals surface area contributed by atoms with Crippen LogP contribution in [0.2, 0.25) is 0 Å². The third-order valence-electron chi connectivity index (χ3n) is 1.86. The van der Waals surface area contributed by atoms with Crippen molar-refractivity contribution in [2.45, 2.75) is 0 Å². The molecular weight excluding hydrogens is 152 g/mol. The summed E-state index contributed by atoms with van der Waals surface area (Å²) in [5, 5.41) is 15.5. The molecule has 2 heteroatoms. The van der Waals surface area contributed by atoms with Crippen molar-refractivity contribution in [2.24, 2.45) is 0 Å². The maximum Gasteiger partial charge on any atom is 0.293 e. The molecule has 0 heterocycles. The standard InChI is InChI=1S/C10H8O2/c11-9-6-5-7-3-1-2-4-8(7)10(9)12/h1-6,11-12H/i/hD. The number of hydrogen-bond acceptors (Lipinski definition) is 2. The fraction of sp³-hybridized carbons (Fsp3) is 0. The van der Waals surface area contributed by atoms with Gasteiger partial charge in [-0.05, 0) is 11.5 Å². The average Bonchev–Trinajstić information content (AvgIpc) is 2.19. The zero-order valence-electron chi connectivity index (χ0n) is 7.32. The molecule has 0 saturated carbocycles. The first-order valence-corrected chi connectivity index (χ1v) is 3.67. The van der Waals surface area contributed by atoms with Gasteiger partial charge in [0.2, 0.25) is 0 Å². The van der Waals surface area contributed by atoms with E-state index in [1.165, 1.54) is 0 Å². The van der Waals surface area contributed by atoms with E-state index in [9.17, 15) is 5.11 Å². The fourth-order valence-electron chi connectivity index (χ4n) is 1.24. The molecule has 0 bridgehead atoms. The molecule has 12 heavy (non-hydrogen) atoms. The quantitative estimate of drug-likeness (QED) is 0.630. The van der Waals surface area contributed by atoms with Crippen molar-refractivity contribution < 1.29 is 10.2 Å². The summed E-state index contributed by atoms with van der Waals surface area (Å²) in [6, 6.07) is 10.8. The highest BCUT2D eigenvalue weighted by Crippen LogP contribution is 2.32. The molecule has 2 rings (SSSR count). The first kappa shape index (κ1) is 5.89. The van der Waals surface area contributed by atoms with E-state index in [0.717, 1.165) is 5.39 Å². The van der Waals surface area contributed by atoms with Gasteiger partial charge in [-0.25, -0.2) is 0 Å². The number of rotatable bonds is 1. The van der Waals surface area contributed by atoms with Gasteiger partial charge in [-0.1, -0.05) is 30.3 Å². The van der Waals surface area contributed by atoms with Crippen molar-refractivity contribution in [3.8, 4) is 11.5 Å². The predicted molar refractivity (Wildman–Crippen MR) is 47.3 cm³/mol. The van der Waals surface area contributed by atoms with Gasteiger partial charge in [-0.15, -0.1) is 0 Å². The van der Waals surface area contributed by atoms with E-state index in [-0.39, 0.29) is 11.5 Å². The van der Waals surface area contributed by atoms with Gasteiger partial charge in [0.05, 0.1) is 0 Å². The Hall–Kier alpha value is -1.70. The van der Waals surface area contributed by atoms with Crippen LogP contribution in [0.4, 0.5) is 0 Å². The molecule has 0 fully saturated rings. The largest absolute Gasteiger partial charge is 0.504 e. The lowest BCUT2D eigenvalue weighted by Crippen LogP contribution is -1.73. The molecule has 0 aromatic heterocycles. The van der Waals surface area contributed by atoms with Crippen LogP contribution in [-0.2, 0) is 0 Å². The molecule has 0 unspecified atom stereocenters. The fourth-order valence-corrected chi connectivity index (χ4v) is 1.24.